The van der Waals surface area contributed by atoms with Crippen LogP contribution in [0.4, 0.5) is 0 Å². The number of hydrogen-bond donors (Lipinski definition) is 2. The van der Waals surface area contributed by atoms with Crippen LogP contribution in [0, 0.1) is 22.0 Å². The van der Waals surface area contributed by atoms with Gasteiger partial charge in [-0.15, -0.1) is 0 Å². The number of carbonyl (C=O) groups is 1. The average Bonchev–Trinajstić information content (AvgIpc) is 2.76. The van der Waals surface area contributed by atoms with E-state index >= 15 is 0 Å². The first kappa shape index (κ1) is 15.9. The second kappa shape index (κ2) is 5.75. The standard InChI is InChI=1S/C15H24N4OS/c1-9(2)8-10-12(15(10,3)4)13(20)16-7-6-11-17-18-14(21)19(11)5/h8,10,12H,6-7H2,1-5H3,(H,16,20)(H,18,21)/t10-,12-/m0/s1. The Morgan fingerprint density at radius 1 is 1.52 bits per heavy atom. The predicted molar refractivity (Wildman–Crippen MR) is 85.3 cm³/mol. The molecule has 2 N–H and O–H groups in total. The monoisotopic (exact) mass is 308 g/mol. The van der Waals surface area contributed by atoms with E-state index in [1.807, 2.05) is 11.6 Å². The Bertz CT molecular complexity index is 622. The zero-order valence-electron chi connectivity index (χ0n) is 13.4. The first-order chi connectivity index (χ1) is 9.75. The molecule has 1 fully saturated rings. The number of H-pyrrole nitrogens is 1. The highest BCUT2D eigenvalue weighted by molar-refractivity contribution is 7.71. The molecule has 6 heteroatoms. The summed E-state index contributed by atoms with van der Waals surface area (Å²) in [7, 11) is 1.87. The minimum atomic E-state index is 0.0616. The van der Waals surface area contributed by atoms with Gasteiger partial charge in [-0.05, 0) is 37.4 Å². The Balaban J connectivity index is 1.87. The fraction of sp³-hybridized carbons (Fsp3) is 0.667. The number of nitrogens with one attached hydrogen (secondary N) is 2. The van der Waals surface area contributed by atoms with Crippen molar-refractivity contribution in [3.05, 3.63) is 22.2 Å². The van der Waals surface area contributed by atoms with Crippen LogP contribution in [0.5, 0.6) is 0 Å². The van der Waals surface area contributed by atoms with E-state index in [2.05, 4.69) is 49.3 Å². The number of amides is 1. The molecule has 1 heterocycles. The second-order valence-corrected chi connectivity index (χ2v) is 7.00. The maximum atomic E-state index is 12.3. The first-order valence-electron chi connectivity index (χ1n) is 7.28. The number of nitrogens with zero attached hydrogens (tertiary/aromatic N) is 2. The third kappa shape index (κ3) is 3.26. The van der Waals surface area contributed by atoms with Crippen molar-refractivity contribution >= 4 is 18.1 Å². The predicted octanol–water partition coefficient (Wildman–Crippen LogP) is 2.37. The largest absolute Gasteiger partial charge is 0.355 e. The van der Waals surface area contributed by atoms with Gasteiger partial charge in [0.25, 0.3) is 0 Å². The van der Waals surface area contributed by atoms with Gasteiger partial charge in [0.15, 0.2) is 4.77 Å². The van der Waals surface area contributed by atoms with E-state index in [4.69, 9.17) is 12.2 Å². The molecule has 1 aliphatic rings. The van der Waals surface area contributed by atoms with Gasteiger partial charge in [-0.2, -0.15) is 5.10 Å². The Kier molecular flexibility index (Phi) is 4.37. The lowest BCUT2D eigenvalue weighted by molar-refractivity contribution is -0.123. The molecule has 0 aromatic carbocycles. The summed E-state index contributed by atoms with van der Waals surface area (Å²) in [4.78, 5) is 12.3. The third-order valence-corrected chi connectivity index (χ3v) is 4.69. The van der Waals surface area contributed by atoms with Gasteiger partial charge in [0, 0.05) is 20.0 Å². The summed E-state index contributed by atoms with van der Waals surface area (Å²) in [5, 5.41) is 9.91. The number of hydrogen-bond acceptors (Lipinski definition) is 3. The summed E-state index contributed by atoms with van der Waals surface area (Å²) in [5.41, 5.74) is 1.33. The molecular weight excluding hydrogens is 284 g/mol. The van der Waals surface area contributed by atoms with E-state index in [1.54, 1.807) is 0 Å². The molecular formula is C15H24N4OS. The SMILES string of the molecule is CC(C)=C[C@H]1[C@@H](C(=O)NCCc2n[nH]c(=S)n2C)C1(C)C. The molecule has 0 bridgehead atoms. The number of allylic oxidation sites excluding steroid dienone is 2. The van der Waals surface area contributed by atoms with Crippen molar-refractivity contribution in [1.29, 1.82) is 0 Å². The minimum Gasteiger partial charge on any atom is -0.355 e. The first-order valence-corrected chi connectivity index (χ1v) is 7.69. The van der Waals surface area contributed by atoms with Gasteiger partial charge in [-0.25, -0.2) is 0 Å². The van der Waals surface area contributed by atoms with Gasteiger partial charge >= 0.3 is 0 Å². The summed E-state index contributed by atoms with van der Waals surface area (Å²) in [6, 6.07) is 0. The van der Waals surface area contributed by atoms with Crippen molar-refractivity contribution in [3.63, 3.8) is 0 Å². The zero-order chi connectivity index (χ0) is 15.8. The molecule has 2 atom stereocenters. The van der Waals surface area contributed by atoms with Crippen molar-refractivity contribution in [2.24, 2.45) is 24.3 Å². The maximum Gasteiger partial charge on any atom is 0.224 e. The topological polar surface area (TPSA) is 62.7 Å². The van der Waals surface area contributed by atoms with Gasteiger partial charge < -0.3 is 9.88 Å². The number of carbonyl (C=O) groups excluding carboxylic acids is 1. The fourth-order valence-electron chi connectivity index (χ4n) is 2.86. The van der Waals surface area contributed by atoms with E-state index in [-0.39, 0.29) is 17.2 Å². The highest BCUT2D eigenvalue weighted by Crippen LogP contribution is 2.59. The quantitative estimate of drug-likeness (QED) is 0.648. The number of rotatable bonds is 5. The molecule has 116 valence electrons. The van der Waals surface area contributed by atoms with Gasteiger partial charge in [-0.1, -0.05) is 25.5 Å². The van der Waals surface area contributed by atoms with E-state index in [0.717, 1.165) is 5.82 Å². The highest BCUT2D eigenvalue weighted by atomic mass is 32.1. The fourth-order valence-corrected chi connectivity index (χ4v) is 3.01. The van der Waals surface area contributed by atoms with Crippen LogP contribution in [-0.4, -0.2) is 27.2 Å². The summed E-state index contributed by atoms with van der Waals surface area (Å²) in [6.07, 6.45) is 2.89. The van der Waals surface area contributed by atoms with Gasteiger partial charge in [0.2, 0.25) is 5.91 Å². The van der Waals surface area contributed by atoms with Crippen molar-refractivity contribution < 1.29 is 4.79 Å². The molecule has 0 saturated heterocycles. The Hall–Kier alpha value is -1.43. The van der Waals surface area contributed by atoms with E-state index in [1.165, 1.54) is 5.57 Å². The van der Waals surface area contributed by atoms with E-state index in [0.29, 0.717) is 23.7 Å². The lowest BCUT2D eigenvalue weighted by atomic mass is 10.1. The lowest BCUT2D eigenvalue weighted by Gasteiger charge is -2.05. The Morgan fingerprint density at radius 2 is 2.19 bits per heavy atom. The van der Waals surface area contributed by atoms with Gasteiger partial charge in [0.1, 0.15) is 5.82 Å². The van der Waals surface area contributed by atoms with Crippen LogP contribution in [0.25, 0.3) is 0 Å². The molecule has 1 saturated carbocycles. The maximum absolute atomic E-state index is 12.3. The van der Waals surface area contributed by atoms with Crippen LogP contribution >= 0.6 is 12.2 Å². The second-order valence-electron chi connectivity index (χ2n) is 6.61. The zero-order valence-corrected chi connectivity index (χ0v) is 14.2. The molecule has 0 aliphatic heterocycles. The summed E-state index contributed by atoms with van der Waals surface area (Å²) in [5.74, 6) is 1.42. The summed E-state index contributed by atoms with van der Waals surface area (Å²) < 4.78 is 2.43. The van der Waals surface area contributed by atoms with E-state index in [9.17, 15) is 4.79 Å². The summed E-state index contributed by atoms with van der Waals surface area (Å²) in [6.45, 7) is 9.04. The molecule has 0 spiro atoms. The molecule has 0 unspecified atom stereocenters. The van der Waals surface area contributed by atoms with Crippen LogP contribution in [0.1, 0.15) is 33.5 Å². The molecule has 5 nitrogen and oxygen atoms in total. The van der Waals surface area contributed by atoms with Crippen molar-refractivity contribution in [1.82, 2.24) is 20.1 Å². The minimum absolute atomic E-state index is 0.0616. The van der Waals surface area contributed by atoms with Gasteiger partial charge in [0.05, 0.1) is 5.92 Å². The van der Waals surface area contributed by atoms with Crippen molar-refractivity contribution in [2.75, 3.05) is 6.54 Å². The molecule has 1 aromatic heterocycles. The van der Waals surface area contributed by atoms with Crippen LogP contribution < -0.4 is 5.32 Å². The molecule has 0 radical (unpaired) electrons. The number of aromatic nitrogens is 3. The van der Waals surface area contributed by atoms with Crippen LogP contribution in [0.3, 0.4) is 0 Å². The van der Waals surface area contributed by atoms with Crippen LogP contribution in [0.15, 0.2) is 11.6 Å². The molecule has 1 aliphatic carbocycles. The number of aromatic amines is 1. The highest BCUT2D eigenvalue weighted by Gasteiger charge is 2.60. The molecule has 1 amide bonds. The molecule has 2 rings (SSSR count). The average molecular weight is 308 g/mol. The van der Waals surface area contributed by atoms with Crippen molar-refractivity contribution in [3.8, 4) is 0 Å². The molecule has 21 heavy (non-hydrogen) atoms. The summed E-state index contributed by atoms with van der Waals surface area (Å²) >= 11 is 5.06. The normalized spacial score (nSPS) is 22.7. The smallest absolute Gasteiger partial charge is 0.224 e. The van der Waals surface area contributed by atoms with Crippen LogP contribution in [-0.2, 0) is 18.3 Å². The lowest BCUT2D eigenvalue weighted by Crippen LogP contribution is -2.29. The Labute approximate surface area is 130 Å². The third-order valence-electron chi connectivity index (χ3n) is 4.33. The molecule has 1 aromatic rings. The van der Waals surface area contributed by atoms with E-state index < -0.39 is 0 Å². The Morgan fingerprint density at radius 3 is 2.71 bits per heavy atom. The van der Waals surface area contributed by atoms with Crippen LogP contribution in [0.2, 0.25) is 0 Å². The van der Waals surface area contributed by atoms with Crippen molar-refractivity contribution in [2.45, 2.75) is 34.1 Å². The van der Waals surface area contributed by atoms with Gasteiger partial charge in [-0.3, -0.25) is 9.89 Å².